The molecule has 0 fully saturated rings. The van der Waals surface area contributed by atoms with Crippen LogP contribution in [-0.4, -0.2) is 19.1 Å². The molecular weight excluding hydrogens is 464 g/mol. The third kappa shape index (κ3) is 3.16. The van der Waals surface area contributed by atoms with Gasteiger partial charge in [-0.2, -0.15) is 0 Å². The molecule has 0 spiro atoms. The van der Waals surface area contributed by atoms with E-state index in [1.54, 1.807) is 0 Å². The van der Waals surface area contributed by atoms with Gasteiger partial charge >= 0.3 is 0 Å². The van der Waals surface area contributed by atoms with Crippen molar-refractivity contribution in [3.8, 4) is 22.8 Å². The minimum absolute atomic E-state index is 1.01. The molecule has 0 saturated carbocycles. The zero-order valence-corrected chi connectivity index (χ0v) is 21.5. The number of hydrogen-bond donors (Lipinski definition) is 0. The van der Waals surface area contributed by atoms with Crippen molar-refractivity contribution in [2.24, 2.45) is 0 Å². The molecule has 2 aliphatic carbocycles. The normalized spacial score (nSPS) is 15.1. The number of pyridine rings is 2. The van der Waals surface area contributed by atoms with Crippen LogP contribution < -0.4 is 0 Å². The lowest BCUT2D eigenvalue weighted by Gasteiger charge is -2.20. The smallest absolute Gasteiger partial charge is 0.145 e. The average molecular weight is 495 g/mol. The second-order valence-corrected chi connectivity index (χ2v) is 10.7. The molecule has 2 aliphatic rings. The lowest BCUT2D eigenvalue weighted by Crippen LogP contribution is -2.11. The molecule has 4 heterocycles. The van der Waals surface area contributed by atoms with E-state index in [0.29, 0.717) is 0 Å². The predicted molar refractivity (Wildman–Crippen MR) is 154 cm³/mol. The molecule has 4 heteroatoms. The second-order valence-electron chi connectivity index (χ2n) is 10.7. The quantitative estimate of drug-likeness (QED) is 0.252. The highest BCUT2D eigenvalue weighted by atomic mass is 15.1. The van der Waals surface area contributed by atoms with Gasteiger partial charge in [-0.25, -0.2) is 9.97 Å². The minimum Gasteiger partial charge on any atom is -0.297 e. The lowest BCUT2D eigenvalue weighted by atomic mass is 9.95. The van der Waals surface area contributed by atoms with E-state index in [1.807, 2.05) is 12.4 Å². The summed E-state index contributed by atoms with van der Waals surface area (Å²) in [6, 6.07) is 26.3. The van der Waals surface area contributed by atoms with Crippen LogP contribution in [0.4, 0.5) is 0 Å². The molecule has 0 bridgehead atoms. The maximum atomic E-state index is 5.05. The molecule has 0 aliphatic heterocycles. The first-order chi connectivity index (χ1) is 18.9. The third-order valence-electron chi connectivity index (χ3n) is 8.64. The summed E-state index contributed by atoms with van der Waals surface area (Å²) in [7, 11) is 0. The van der Waals surface area contributed by atoms with Gasteiger partial charge in [-0.1, -0.05) is 36.4 Å². The second kappa shape index (κ2) is 8.70. The van der Waals surface area contributed by atoms with Gasteiger partial charge in [-0.15, -0.1) is 0 Å². The van der Waals surface area contributed by atoms with E-state index in [2.05, 4.69) is 81.9 Å². The van der Waals surface area contributed by atoms with Gasteiger partial charge < -0.3 is 0 Å². The van der Waals surface area contributed by atoms with Crippen LogP contribution in [0.2, 0.25) is 0 Å². The number of para-hydroxylation sites is 2. The first-order valence-corrected chi connectivity index (χ1v) is 14.0. The number of hydrogen-bond acceptors (Lipinski definition) is 2. The van der Waals surface area contributed by atoms with Crippen molar-refractivity contribution in [3.63, 3.8) is 0 Å². The van der Waals surface area contributed by atoms with Gasteiger partial charge in [0.05, 0.1) is 11.0 Å². The zero-order chi connectivity index (χ0) is 25.1. The summed E-state index contributed by atoms with van der Waals surface area (Å²) in [5.41, 5.74) is 10.6. The minimum atomic E-state index is 1.01. The molecule has 0 N–H and O–H groups in total. The van der Waals surface area contributed by atoms with Crippen molar-refractivity contribution in [2.45, 2.75) is 51.4 Å². The Bertz CT molecular complexity index is 1700. The van der Waals surface area contributed by atoms with Crippen LogP contribution in [0.3, 0.4) is 0 Å². The summed E-state index contributed by atoms with van der Waals surface area (Å²) < 4.78 is 4.89. The Balaban J connectivity index is 1.41. The van der Waals surface area contributed by atoms with E-state index in [4.69, 9.17) is 9.97 Å². The summed E-state index contributed by atoms with van der Waals surface area (Å²) in [5.74, 6) is 2.01. The van der Waals surface area contributed by atoms with Crippen molar-refractivity contribution in [3.05, 3.63) is 108 Å². The van der Waals surface area contributed by atoms with Gasteiger partial charge in [-0.3, -0.25) is 9.13 Å². The fourth-order valence-corrected chi connectivity index (χ4v) is 7.05. The molecular formula is C34H30N4. The molecule has 2 aromatic carbocycles. The van der Waals surface area contributed by atoms with Gasteiger partial charge in [0, 0.05) is 45.7 Å². The first-order valence-electron chi connectivity index (χ1n) is 14.0. The van der Waals surface area contributed by atoms with Crippen LogP contribution in [-0.2, 0) is 25.7 Å². The number of fused-ring (bicyclic) bond motifs is 6. The van der Waals surface area contributed by atoms with Crippen LogP contribution in [0.15, 0.2) is 85.2 Å². The van der Waals surface area contributed by atoms with Crippen molar-refractivity contribution < 1.29 is 0 Å². The number of nitrogens with zero attached hydrogens (tertiary/aromatic N) is 4. The maximum Gasteiger partial charge on any atom is 0.145 e. The van der Waals surface area contributed by atoms with E-state index in [-0.39, 0.29) is 0 Å². The molecule has 0 radical (unpaired) electrons. The number of aromatic nitrogens is 4. The Morgan fingerprint density at radius 3 is 1.42 bits per heavy atom. The summed E-state index contributed by atoms with van der Waals surface area (Å²) in [5, 5.41) is 2.74. The molecule has 38 heavy (non-hydrogen) atoms. The van der Waals surface area contributed by atoms with Crippen LogP contribution in [0.25, 0.3) is 44.6 Å². The van der Waals surface area contributed by atoms with Gasteiger partial charge in [0.2, 0.25) is 0 Å². The Kier molecular flexibility index (Phi) is 5.00. The summed E-state index contributed by atoms with van der Waals surface area (Å²) in [4.78, 5) is 10.1. The van der Waals surface area contributed by atoms with E-state index >= 15 is 0 Å². The molecule has 0 unspecified atom stereocenters. The topological polar surface area (TPSA) is 35.6 Å². The number of benzene rings is 2. The molecule has 6 aromatic rings. The summed E-state index contributed by atoms with van der Waals surface area (Å²) >= 11 is 0. The molecule has 0 saturated heterocycles. The highest BCUT2D eigenvalue weighted by Gasteiger charge is 2.26. The molecule has 186 valence electrons. The Labute approximate surface area is 222 Å². The van der Waals surface area contributed by atoms with Crippen LogP contribution in [0, 0.1) is 0 Å². The van der Waals surface area contributed by atoms with Crippen LogP contribution in [0.5, 0.6) is 0 Å². The lowest BCUT2D eigenvalue weighted by molar-refractivity contribution is 0.664. The Hall–Kier alpha value is -4.18. The molecule has 0 atom stereocenters. The third-order valence-corrected chi connectivity index (χ3v) is 8.64. The highest BCUT2D eigenvalue weighted by molar-refractivity contribution is 5.91. The van der Waals surface area contributed by atoms with Gasteiger partial charge in [0.1, 0.15) is 11.6 Å². The molecule has 0 amide bonds. The fraction of sp³-hybridized carbons (Fsp3) is 0.235. The van der Waals surface area contributed by atoms with E-state index < -0.39 is 0 Å². The van der Waals surface area contributed by atoms with Gasteiger partial charge in [0.25, 0.3) is 0 Å². The van der Waals surface area contributed by atoms with E-state index in [1.165, 1.54) is 70.0 Å². The maximum absolute atomic E-state index is 5.05. The highest BCUT2D eigenvalue weighted by Crippen LogP contribution is 2.40. The predicted octanol–water partition coefficient (Wildman–Crippen LogP) is 7.79. The fourth-order valence-electron chi connectivity index (χ4n) is 7.05. The van der Waals surface area contributed by atoms with Crippen molar-refractivity contribution in [1.82, 2.24) is 19.1 Å². The van der Waals surface area contributed by atoms with Gasteiger partial charge in [-0.05, 0) is 98.9 Å². The summed E-state index contributed by atoms with van der Waals surface area (Å²) in [6.45, 7) is 0. The Morgan fingerprint density at radius 2 is 0.921 bits per heavy atom. The van der Waals surface area contributed by atoms with Crippen molar-refractivity contribution in [2.75, 3.05) is 0 Å². The number of rotatable bonds is 3. The summed E-state index contributed by atoms with van der Waals surface area (Å²) in [6.07, 6.45) is 13.3. The SMILES string of the molecule is c1cnc(-n2c3c(c4ccccc42)CCCC3)c(-c2cccnc2-n2c3c(c4ccccc42)CCCC3)c1. The largest absolute Gasteiger partial charge is 0.297 e. The Morgan fingerprint density at radius 1 is 0.474 bits per heavy atom. The van der Waals surface area contributed by atoms with Crippen molar-refractivity contribution in [1.29, 1.82) is 0 Å². The first kappa shape index (κ1) is 21.9. The van der Waals surface area contributed by atoms with E-state index in [9.17, 15) is 0 Å². The standard InChI is InChI=1S/C34H30N4/c1-5-17-29-23(11-1)24-12-2-6-18-30(24)37(29)33-27(15-9-21-35-33)28-16-10-22-36-34(28)38-31-19-7-3-13-25(31)26-14-4-8-20-32(26)38/h1,3,5,7,9-11,13,15-17,19,21-22H,2,4,6,8,12,14,18,20H2. The van der Waals surface area contributed by atoms with Crippen LogP contribution in [0.1, 0.15) is 48.2 Å². The molecule has 8 rings (SSSR count). The van der Waals surface area contributed by atoms with E-state index in [0.717, 1.165) is 48.4 Å². The van der Waals surface area contributed by atoms with Crippen LogP contribution >= 0.6 is 0 Å². The average Bonchev–Trinajstić information content (AvgIpc) is 3.50. The van der Waals surface area contributed by atoms with Gasteiger partial charge in [0.15, 0.2) is 0 Å². The molecule has 4 nitrogen and oxygen atoms in total. The zero-order valence-electron chi connectivity index (χ0n) is 21.5. The number of aryl methyl sites for hydroxylation is 2. The monoisotopic (exact) mass is 494 g/mol. The molecule has 4 aromatic heterocycles. The van der Waals surface area contributed by atoms with Crippen molar-refractivity contribution >= 4 is 21.8 Å².